The van der Waals surface area contributed by atoms with Crippen LogP contribution in [0, 0.1) is 12.3 Å². The maximum absolute atomic E-state index is 12.6. The van der Waals surface area contributed by atoms with E-state index in [0.29, 0.717) is 18.9 Å². The molecule has 3 rings (SSSR count). The minimum Gasteiger partial charge on any atom is -0.341 e. The predicted octanol–water partition coefficient (Wildman–Crippen LogP) is 2.02. The van der Waals surface area contributed by atoms with Gasteiger partial charge < -0.3 is 4.90 Å². The molecule has 1 saturated heterocycles. The molecule has 0 N–H and O–H groups in total. The number of hydrogen-bond acceptors (Lipinski definition) is 4. The van der Waals surface area contributed by atoms with Crippen LogP contribution in [-0.4, -0.2) is 44.1 Å². The molecule has 1 atom stereocenters. The molecule has 1 fully saturated rings. The molecule has 2 heterocycles. The van der Waals surface area contributed by atoms with Crippen LogP contribution in [0.5, 0.6) is 0 Å². The summed E-state index contributed by atoms with van der Waals surface area (Å²) in [4.78, 5) is 14.5. The van der Waals surface area contributed by atoms with Gasteiger partial charge in [-0.05, 0) is 28.3 Å². The number of aromatic nitrogens is 4. The van der Waals surface area contributed by atoms with E-state index in [4.69, 9.17) is 0 Å². The summed E-state index contributed by atoms with van der Waals surface area (Å²) in [5, 5.41) is 11.3. The number of carbonyl (C=O) groups is 1. The molecule has 0 spiro atoms. The normalized spacial score (nSPS) is 20.0. The van der Waals surface area contributed by atoms with Crippen LogP contribution in [0.25, 0.3) is 0 Å². The number of aryl methyl sites for hydroxylation is 2. The van der Waals surface area contributed by atoms with Crippen molar-refractivity contribution >= 4 is 5.91 Å². The fourth-order valence-corrected chi connectivity index (χ4v) is 3.38. The van der Waals surface area contributed by atoms with Gasteiger partial charge in [-0.3, -0.25) is 4.79 Å². The van der Waals surface area contributed by atoms with Crippen LogP contribution in [0.15, 0.2) is 30.3 Å². The van der Waals surface area contributed by atoms with Crippen LogP contribution in [0.2, 0.25) is 0 Å². The summed E-state index contributed by atoms with van der Waals surface area (Å²) in [7, 11) is 0. The van der Waals surface area contributed by atoms with Crippen LogP contribution < -0.4 is 0 Å². The molecule has 0 saturated carbocycles. The molecule has 6 heteroatoms. The fraction of sp³-hybridized carbons (Fsp3) is 0.529. The molecule has 0 aliphatic carbocycles. The van der Waals surface area contributed by atoms with E-state index < -0.39 is 0 Å². The molecule has 1 aromatic heterocycles. The molecule has 1 amide bonds. The number of amides is 1. The maximum Gasteiger partial charge on any atom is 0.224 e. The molecule has 2 aromatic rings. The Labute approximate surface area is 136 Å². The van der Waals surface area contributed by atoms with Gasteiger partial charge in [0.25, 0.3) is 0 Å². The molecule has 1 aliphatic heterocycles. The van der Waals surface area contributed by atoms with Crippen molar-refractivity contribution in [2.45, 2.75) is 39.7 Å². The average molecular weight is 313 g/mol. The summed E-state index contributed by atoms with van der Waals surface area (Å²) in [6, 6.07) is 10.5. The number of likely N-dealkylation sites (tertiary alicyclic amines) is 1. The molecular weight excluding hydrogens is 290 g/mol. The van der Waals surface area contributed by atoms with Crippen molar-refractivity contribution in [2.24, 2.45) is 5.41 Å². The highest BCUT2D eigenvalue weighted by atomic mass is 16.2. The van der Waals surface area contributed by atoms with Crippen LogP contribution in [0.4, 0.5) is 0 Å². The van der Waals surface area contributed by atoms with Crippen molar-refractivity contribution in [3.63, 3.8) is 0 Å². The Balaban J connectivity index is 1.65. The first-order valence-electron chi connectivity index (χ1n) is 8.03. The summed E-state index contributed by atoms with van der Waals surface area (Å²) in [5.74, 6) is 1.29. The highest BCUT2D eigenvalue weighted by molar-refractivity contribution is 5.76. The number of benzene rings is 1. The van der Waals surface area contributed by atoms with Crippen molar-refractivity contribution in [2.75, 3.05) is 13.1 Å². The monoisotopic (exact) mass is 313 g/mol. The molecule has 1 aliphatic rings. The Kier molecular flexibility index (Phi) is 4.15. The number of carbonyl (C=O) groups excluding carboxylic acids is 1. The molecule has 0 bridgehead atoms. The zero-order chi connectivity index (χ0) is 16.4. The Morgan fingerprint density at radius 3 is 2.70 bits per heavy atom. The smallest absolute Gasteiger partial charge is 0.224 e. The van der Waals surface area contributed by atoms with E-state index in [0.717, 1.165) is 18.9 Å². The first-order valence-corrected chi connectivity index (χ1v) is 8.03. The van der Waals surface area contributed by atoms with E-state index in [-0.39, 0.29) is 11.3 Å². The van der Waals surface area contributed by atoms with Gasteiger partial charge >= 0.3 is 0 Å². The summed E-state index contributed by atoms with van der Waals surface area (Å²) in [6.45, 7) is 8.43. The highest BCUT2D eigenvalue weighted by Crippen LogP contribution is 2.42. The molecule has 0 radical (unpaired) electrons. The standard InChI is InChI=1S/C17H23N5O/c1-13-18-19-20-22(13)10-9-16(23)21-11-15(17(2,3)12-21)14-7-5-4-6-8-14/h4-8,15H,9-12H2,1-3H3/t15-/m1/s1. The quantitative estimate of drug-likeness (QED) is 0.866. The lowest BCUT2D eigenvalue weighted by molar-refractivity contribution is -0.130. The Morgan fingerprint density at radius 1 is 1.30 bits per heavy atom. The van der Waals surface area contributed by atoms with E-state index in [9.17, 15) is 4.79 Å². The average Bonchev–Trinajstić information content (AvgIpc) is 3.08. The maximum atomic E-state index is 12.6. The van der Waals surface area contributed by atoms with Gasteiger partial charge in [-0.25, -0.2) is 4.68 Å². The Morgan fingerprint density at radius 2 is 2.04 bits per heavy atom. The second kappa shape index (κ2) is 6.10. The fourth-order valence-electron chi connectivity index (χ4n) is 3.38. The second-order valence-electron chi connectivity index (χ2n) is 6.93. The Hall–Kier alpha value is -2.24. The number of hydrogen-bond donors (Lipinski definition) is 0. The van der Waals surface area contributed by atoms with Crippen molar-refractivity contribution in [1.29, 1.82) is 0 Å². The third-order valence-corrected chi connectivity index (χ3v) is 4.75. The van der Waals surface area contributed by atoms with Gasteiger partial charge in [0.2, 0.25) is 5.91 Å². The number of nitrogens with zero attached hydrogens (tertiary/aromatic N) is 5. The molecule has 23 heavy (non-hydrogen) atoms. The van der Waals surface area contributed by atoms with Gasteiger partial charge in [-0.1, -0.05) is 44.2 Å². The van der Waals surface area contributed by atoms with E-state index in [2.05, 4.69) is 53.6 Å². The van der Waals surface area contributed by atoms with E-state index in [1.807, 2.05) is 17.9 Å². The zero-order valence-electron chi connectivity index (χ0n) is 13.9. The van der Waals surface area contributed by atoms with Crippen LogP contribution in [-0.2, 0) is 11.3 Å². The van der Waals surface area contributed by atoms with E-state index in [1.165, 1.54) is 5.56 Å². The van der Waals surface area contributed by atoms with Crippen LogP contribution in [0.1, 0.15) is 37.6 Å². The summed E-state index contributed by atoms with van der Waals surface area (Å²) < 4.78 is 1.67. The van der Waals surface area contributed by atoms with Gasteiger partial charge in [-0.15, -0.1) is 5.10 Å². The number of tetrazole rings is 1. The molecule has 122 valence electrons. The number of rotatable bonds is 4. The lowest BCUT2D eigenvalue weighted by Crippen LogP contribution is -2.31. The van der Waals surface area contributed by atoms with Crippen molar-refractivity contribution in [1.82, 2.24) is 25.1 Å². The lowest BCUT2D eigenvalue weighted by Gasteiger charge is -2.25. The topological polar surface area (TPSA) is 63.9 Å². The largest absolute Gasteiger partial charge is 0.341 e. The van der Waals surface area contributed by atoms with Crippen molar-refractivity contribution in [3.8, 4) is 0 Å². The summed E-state index contributed by atoms with van der Waals surface area (Å²) in [6.07, 6.45) is 0.434. The van der Waals surface area contributed by atoms with Crippen molar-refractivity contribution in [3.05, 3.63) is 41.7 Å². The predicted molar refractivity (Wildman–Crippen MR) is 86.7 cm³/mol. The third-order valence-electron chi connectivity index (χ3n) is 4.75. The third kappa shape index (κ3) is 3.25. The SMILES string of the molecule is Cc1nnnn1CCC(=O)N1C[C@H](c2ccccc2)C(C)(C)C1. The first kappa shape index (κ1) is 15.6. The summed E-state index contributed by atoms with van der Waals surface area (Å²) in [5.41, 5.74) is 1.39. The van der Waals surface area contributed by atoms with E-state index in [1.54, 1.807) is 4.68 Å². The molecule has 1 aromatic carbocycles. The zero-order valence-corrected chi connectivity index (χ0v) is 13.9. The van der Waals surface area contributed by atoms with Crippen LogP contribution in [0.3, 0.4) is 0 Å². The molecular formula is C17H23N5O. The van der Waals surface area contributed by atoms with Gasteiger partial charge in [-0.2, -0.15) is 0 Å². The Bertz CT molecular complexity index is 679. The van der Waals surface area contributed by atoms with Crippen LogP contribution >= 0.6 is 0 Å². The lowest BCUT2D eigenvalue weighted by atomic mass is 9.78. The summed E-state index contributed by atoms with van der Waals surface area (Å²) >= 11 is 0. The van der Waals surface area contributed by atoms with Gasteiger partial charge in [0, 0.05) is 25.4 Å². The van der Waals surface area contributed by atoms with Gasteiger partial charge in [0.15, 0.2) is 0 Å². The van der Waals surface area contributed by atoms with Gasteiger partial charge in [0.05, 0.1) is 6.54 Å². The minimum atomic E-state index is 0.0851. The van der Waals surface area contributed by atoms with E-state index >= 15 is 0 Å². The molecule has 0 unspecified atom stereocenters. The first-order chi connectivity index (χ1) is 11.0. The second-order valence-corrected chi connectivity index (χ2v) is 6.93. The minimum absolute atomic E-state index is 0.0851. The van der Waals surface area contributed by atoms with Gasteiger partial charge in [0.1, 0.15) is 5.82 Å². The highest BCUT2D eigenvalue weighted by Gasteiger charge is 2.41. The van der Waals surface area contributed by atoms with Crippen molar-refractivity contribution < 1.29 is 4.79 Å². The molecule has 6 nitrogen and oxygen atoms in total.